The Morgan fingerprint density at radius 1 is 1.07 bits per heavy atom. The molecule has 1 N–H and O–H groups in total. The predicted molar refractivity (Wildman–Crippen MR) is 102 cm³/mol. The molecule has 2 aromatic rings. The molecule has 1 saturated heterocycles. The van der Waals surface area contributed by atoms with Crippen molar-refractivity contribution in [1.29, 1.82) is 0 Å². The van der Waals surface area contributed by atoms with E-state index in [1.54, 1.807) is 14.2 Å². The van der Waals surface area contributed by atoms with Crippen molar-refractivity contribution >= 4 is 0 Å². The molecule has 158 valence electrons. The number of alkyl halides is 3. The summed E-state index contributed by atoms with van der Waals surface area (Å²) in [6, 6.07) is 8.68. The fourth-order valence-corrected chi connectivity index (χ4v) is 3.62. The van der Waals surface area contributed by atoms with E-state index in [4.69, 9.17) is 9.47 Å². The van der Waals surface area contributed by atoms with E-state index in [1.807, 2.05) is 18.2 Å². The lowest BCUT2D eigenvalue weighted by Crippen LogP contribution is -2.46. The fraction of sp³-hybridized carbons (Fsp3) is 0.429. The first-order valence-corrected chi connectivity index (χ1v) is 9.35. The Labute approximate surface area is 167 Å². The van der Waals surface area contributed by atoms with Crippen LogP contribution in [0.5, 0.6) is 11.5 Å². The Morgan fingerprint density at radius 2 is 1.83 bits per heavy atom. The van der Waals surface area contributed by atoms with E-state index in [1.165, 1.54) is 6.07 Å². The summed E-state index contributed by atoms with van der Waals surface area (Å²) in [5.41, 5.74) is 0.272. The lowest BCUT2D eigenvalue weighted by molar-refractivity contribution is -0.140. The molecule has 0 bridgehead atoms. The van der Waals surface area contributed by atoms with Gasteiger partial charge in [0.05, 0.1) is 19.8 Å². The molecular formula is C21H24F4N2O2. The van der Waals surface area contributed by atoms with Crippen molar-refractivity contribution in [2.24, 2.45) is 0 Å². The van der Waals surface area contributed by atoms with Crippen molar-refractivity contribution < 1.29 is 27.0 Å². The molecule has 8 heteroatoms. The minimum Gasteiger partial charge on any atom is -0.493 e. The number of ether oxygens (including phenoxy) is 2. The van der Waals surface area contributed by atoms with Crippen LogP contribution in [0.2, 0.25) is 0 Å². The van der Waals surface area contributed by atoms with Gasteiger partial charge in [0, 0.05) is 32.2 Å². The maximum atomic E-state index is 13.7. The molecule has 1 atom stereocenters. The lowest BCUT2D eigenvalue weighted by Gasteiger charge is -2.37. The summed E-state index contributed by atoms with van der Waals surface area (Å²) in [5, 5.41) is 3.21. The molecule has 0 radical (unpaired) electrons. The Bertz CT molecular complexity index is 842. The minimum atomic E-state index is -4.72. The average molecular weight is 412 g/mol. The van der Waals surface area contributed by atoms with Crippen LogP contribution >= 0.6 is 0 Å². The van der Waals surface area contributed by atoms with Crippen LogP contribution in [-0.4, -0.2) is 45.3 Å². The number of nitrogens with one attached hydrogen (secondary N) is 1. The summed E-state index contributed by atoms with van der Waals surface area (Å²) in [5.74, 6) is 0.0272. The van der Waals surface area contributed by atoms with E-state index in [9.17, 15) is 17.6 Å². The highest BCUT2D eigenvalue weighted by Crippen LogP contribution is 2.34. The fourth-order valence-electron chi connectivity index (χ4n) is 3.62. The van der Waals surface area contributed by atoms with Gasteiger partial charge in [-0.2, -0.15) is 13.2 Å². The maximum absolute atomic E-state index is 13.7. The summed E-state index contributed by atoms with van der Waals surface area (Å²) < 4.78 is 63.5. The minimum absolute atomic E-state index is 0.259. The predicted octanol–water partition coefficient (Wildman–Crippen LogP) is 4.05. The third-order valence-corrected chi connectivity index (χ3v) is 5.17. The number of rotatable bonds is 6. The van der Waals surface area contributed by atoms with Crippen LogP contribution in [0.25, 0.3) is 0 Å². The average Bonchev–Trinajstić information content (AvgIpc) is 2.71. The van der Waals surface area contributed by atoms with Crippen LogP contribution in [0.15, 0.2) is 36.4 Å². The van der Waals surface area contributed by atoms with Gasteiger partial charge in [-0.15, -0.1) is 0 Å². The van der Waals surface area contributed by atoms with Gasteiger partial charge in [-0.3, -0.25) is 4.90 Å². The van der Waals surface area contributed by atoms with Crippen molar-refractivity contribution in [1.82, 2.24) is 10.2 Å². The van der Waals surface area contributed by atoms with Crippen molar-refractivity contribution in [3.05, 3.63) is 58.9 Å². The maximum Gasteiger partial charge on any atom is 0.419 e. The second-order valence-electron chi connectivity index (χ2n) is 6.93. The Kier molecular flexibility index (Phi) is 6.64. The normalized spacial score (nSPS) is 17.9. The van der Waals surface area contributed by atoms with E-state index < -0.39 is 17.6 Å². The highest BCUT2D eigenvalue weighted by atomic mass is 19.4. The Balaban J connectivity index is 1.77. The van der Waals surface area contributed by atoms with Crippen LogP contribution < -0.4 is 14.8 Å². The lowest BCUT2D eigenvalue weighted by atomic mass is 9.99. The van der Waals surface area contributed by atoms with E-state index in [2.05, 4.69) is 10.2 Å². The quantitative estimate of drug-likeness (QED) is 0.726. The van der Waals surface area contributed by atoms with Crippen LogP contribution in [0.4, 0.5) is 17.6 Å². The van der Waals surface area contributed by atoms with Gasteiger partial charge in [-0.05, 0) is 41.8 Å². The van der Waals surface area contributed by atoms with Crippen LogP contribution in [-0.2, 0) is 12.6 Å². The summed E-state index contributed by atoms with van der Waals surface area (Å²) >= 11 is 0. The summed E-state index contributed by atoms with van der Waals surface area (Å²) in [4.78, 5) is 2.13. The summed E-state index contributed by atoms with van der Waals surface area (Å²) in [6.45, 7) is 2.60. The SMILES string of the molecule is COc1ccc(CCN2CCNC[C@H]2c2ccc(F)c(C(F)(F)F)c2)cc1OC. The van der Waals surface area contributed by atoms with Crippen molar-refractivity contribution in [2.45, 2.75) is 18.6 Å². The number of hydrogen-bond donors (Lipinski definition) is 1. The number of piperazine rings is 1. The number of halogens is 4. The molecule has 29 heavy (non-hydrogen) atoms. The molecule has 1 fully saturated rings. The first-order chi connectivity index (χ1) is 13.8. The molecule has 3 rings (SSSR count). The number of benzene rings is 2. The monoisotopic (exact) mass is 412 g/mol. The van der Waals surface area contributed by atoms with Gasteiger partial charge in [0.1, 0.15) is 5.82 Å². The largest absolute Gasteiger partial charge is 0.493 e. The van der Waals surface area contributed by atoms with Gasteiger partial charge in [0.2, 0.25) is 0 Å². The number of methoxy groups -OCH3 is 2. The molecule has 1 aliphatic heterocycles. The smallest absolute Gasteiger partial charge is 0.419 e. The summed E-state index contributed by atoms with van der Waals surface area (Å²) in [7, 11) is 3.14. The zero-order valence-corrected chi connectivity index (χ0v) is 16.4. The van der Waals surface area contributed by atoms with Crippen LogP contribution in [0.3, 0.4) is 0 Å². The summed E-state index contributed by atoms with van der Waals surface area (Å²) in [6.07, 6.45) is -4.02. The Morgan fingerprint density at radius 3 is 2.52 bits per heavy atom. The zero-order chi connectivity index (χ0) is 21.0. The number of hydrogen-bond acceptors (Lipinski definition) is 4. The van der Waals surface area contributed by atoms with Crippen molar-refractivity contribution in [3.8, 4) is 11.5 Å². The third kappa shape index (κ3) is 5.00. The van der Waals surface area contributed by atoms with Gasteiger partial charge in [-0.25, -0.2) is 4.39 Å². The molecule has 4 nitrogen and oxygen atoms in total. The number of nitrogens with zero attached hydrogens (tertiary/aromatic N) is 1. The zero-order valence-electron chi connectivity index (χ0n) is 16.4. The third-order valence-electron chi connectivity index (χ3n) is 5.17. The highest BCUT2D eigenvalue weighted by Gasteiger charge is 2.35. The topological polar surface area (TPSA) is 33.7 Å². The first kappa shape index (κ1) is 21.4. The van der Waals surface area contributed by atoms with Gasteiger partial charge in [0.25, 0.3) is 0 Å². The molecule has 0 aromatic heterocycles. The molecule has 0 aliphatic carbocycles. The van der Waals surface area contributed by atoms with Gasteiger partial charge in [0.15, 0.2) is 11.5 Å². The molecule has 0 unspecified atom stereocenters. The molecule has 0 amide bonds. The van der Waals surface area contributed by atoms with Crippen LogP contribution in [0, 0.1) is 5.82 Å². The van der Waals surface area contributed by atoms with Crippen molar-refractivity contribution in [3.63, 3.8) is 0 Å². The Hall–Kier alpha value is -2.32. The molecule has 1 heterocycles. The second-order valence-corrected chi connectivity index (χ2v) is 6.93. The molecular weight excluding hydrogens is 388 g/mol. The van der Waals surface area contributed by atoms with Gasteiger partial charge >= 0.3 is 6.18 Å². The molecule has 1 aliphatic rings. The van der Waals surface area contributed by atoms with Gasteiger partial charge in [-0.1, -0.05) is 12.1 Å². The van der Waals surface area contributed by atoms with E-state index in [0.717, 1.165) is 24.2 Å². The van der Waals surface area contributed by atoms with E-state index >= 15 is 0 Å². The second kappa shape index (κ2) is 9.00. The van der Waals surface area contributed by atoms with E-state index in [-0.39, 0.29) is 6.04 Å². The van der Waals surface area contributed by atoms with Gasteiger partial charge < -0.3 is 14.8 Å². The standard InChI is InChI=1S/C21H24F4N2O2/c1-28-19-6-3-14(11-20(19)29-2)7-9-27-10-8-26-13-18(27)15-4-5-17(22)16(12-15)21(23,24)25/h3-6,11-12,18,26H,7-10,13H2,1-2H3/t18-/m0/s1. The first-order valence-electron chi connectivity index (χ1n) is 9.35. The molecule has 2 aromatic carbocycles. The van der Waals surface area contributed by atoms with Crippen molar-refractivity contribution in [2.75, 3.05) is 40.4 Å². The molecule has 0 spiro atoms. The molecule has 0 saturated carbocycles. The highest BCUT2D eigenvalue weighted by molar-refractivity contribution is 5.43. The van der Waals surface area contributed by atoms with E-state index in [0.29, 0.717) is 43.1 Å². The van der Waals surface area contributed by atoms with Crippen LogP contribution in [0.1, 0.15) is 22.7 Å².